The van der Waals surface area contributed by atoms with E-state index in [1.165, 1.54) is 4.90 Å². The Morgan fingerprint density at radius 2 is 1.97 bits per heavy atom. The second-order valence-corrected chi connectivity index (χ2v) is 8.53. The number of nitriles is 1. The minimum absolute atomic E-state index is 0.0369. The summed E-state index contributed by atoms with van der Waals surface area (Å²) in [6.07, 6.45) is 0.334. The Morgan fingerprint density at radius 1 is 1.30 bits per heavy atom. The Kier molecular flexibility index (Phi) is 6.04. The van der Waals surface area contributed by atoms with Gasteiger partial charge in [0.25, 0.3) is 5.92 Å². The van der Waals surface area contributed by atoms with Crippen LogP contribution < -0.4 is 11.1 Å². The maximum absolute atomic E-state index is 15.4. The summed E-state index contributed by atoms with van der Waals surface area (Å²) in [4.78, 5) is 14.0. The van der Waals surface area contributed by atoms with E-state index in [1.807, 2.05) is 6.07 Å². The van der Waals surface area contributed by atoms with Gasteiger partial charge in [-0.25, -0.2) is 13.6 Å². The molecule has 2 aromatic carbocycles. The highest BCUT2D eigenvalue weighted by Crippen LogP contribution is 2.47. The lowest BCUT2D eigenvalue weighted by Gasteiger charge is -2.39. The van der Waals surface area contributed by atoms with E-state index in [4.69, 9.17) is 16.4 Å². The van der Waals surface area contributed by atoms with E-state index in [1.54, 1.807) is 30.3 Å². The zero-order valence-corrected chi connectivity index (χ0v) is 17.9. The predicted molar refractivity (Wildman–Crippen MR) is 121 cm³/mol. The number of nitrogens with one attached hydrogen (secondary N) is 2. The number of rotatable bonds is 5. The third-order valence-corrected chi connectivity index (χ3v) is 6.67. The number of nitrogen functional groups attached to an aromatic ring is 1. The maximum Gasteiger partial charge on any atom is 0.321 e. The standard InChI is InChI=1S/C24H25F2N5O2/c25-24(26,22(32)20-19-6-3-15(19)11-16(13-28)21(20)29)17-7-9-31(10-8-17)23(33)30-18-4-1-14(12-27)2-5-18/h1-2,4-5,11,13,17,22,28,32H,3,6-10,29H2,(H,30,33). The SMILES string of the molecule is N#Cc1ccc(NC(=O)N2CCC(C(F)(F)C(O)c3c(N)c(C=N)cc4c3CC4)CC2)cc1. The molecule has 2 aliphatic rings. The quantitative estimate of drug-likeness (QED) is 0.405. The van der Waals surface area contributed by atoms with Crippen molar-refractivity contribution in [3.8, 4) is 6.07 Å². The monoisotopic (exact) mass is 453 g/mol. The summed E-state index contributed by atoms with van der Waals surface area (Å²) in [5.74, 6) is -4.53. The third-order valence-electron chi connectivity index (χ3n) is 6.67. The number of nitrogens with two attached hydrogens (primary N) is 1. The van der Waals surface area contributed by atoms with E-state index < -0.39 is 24.0 Å². The third kappa shape index (κ3) is 4.14. The van der Waals surface area contributed by atoms with E-state index in [-0.39, 0.29) is 37.2 Å². The van der Waals surface area contributed by atoms with Crippen molar-refractivity contribution in [3.05, 3.63) is 58.1 Å². The zero-order chi connectivity index (χ0) is 23.8. The van der Waals surface area contributed by atoms with Crippen LogP contribution in [0.15, 0.2) is 30.3 Å². The second-order valence-electron chi connectivity index (χ2n) is 8.53. The molecule has 2 aromatic rings. The fraction of sp³-hybridized carbons (Fsp3) is 0.375. The molecule has 0 radical (unpaired) electrons. The molecule has 1 aliphatic carbocycles. The smallest absolute Gasteiger partial charge is 0.321 e. The molecule has 0 bridgehead atoms. The van der Waals surface area contributed by atoms with Gasteiger partial charge in [-0.05, 0) is 67.1 Å². The molecule has 1 atom stereocenters. The number of urea groups is 1. The fourth-order valence-corrected chi connectivity index (χ4v) is 4.59. The molecule has 172 valence electrons. The number of halogens is 2. The Labute approximate surface area is 190 Å². The Balaban J connectivity index is 1.43. The average molecular weight is 453 g/mol. The number of amides is 2. The number of hydrogen-bond donors (Lipinski definition) is 4. The molecule has 2 amide bonds. The molecule has 1 unspecified atom stereocenters. The zero-order valence-electron chi connectivity index (χ0n) is 17.9. The van der Waals surface area contributed by atoms with Gasteiger partial charge in [0.2, 0.25) is 0 Å². The van der Waals surface area contributed by atoms with Crippen molar-refractivity contribution in [3.63, 3.8) is 0 Å². The number of likely N-dealkylation sites (tertiary alicyclic amines) is 1. The summed E-state index contributed by atoms with van der Waals surface area (Å²) < 4.78 is 30.8. The highest BCUT2D eigenvalue weighted by Gasteiger charge is 2.50. The number of aliphatic hydroxyl groups is 1. The van der Waals surface area contributed by atoms with Crippen LogP contribution in [0.25, 0.3) is 0 Å². The number of aryl methyl sites for hydroxylation is 1. The average Bonchev–Trinajstić information content (AvgIpc) is 2.81. The van der Waals surface area contributed by atoms with Crippen molar-refractivity contribution in [2.24, 2.45) is 5.92 Å². The van der Waals surface area contributed by atoms with E-state index in [0.717, 1.165) is 11.8 Å². The van der Waals surface area contributed by atoms with Gasteiger partial charge in [-0.2, -0.15) is 5.26 Å². The van der Waals surface area contributed by atoms with Crippen LogP contribution in [0, 0.1) is 22.7 Å². The number of carbonyl (C=O) groups is 1. The minimum atomic E-state index is -3.42. The number of piperidine rings is 1. The summed E-state index contributed by atoms with van der Waals surface area (Å²) in [6.45, 7) is 0.256. The number of benzene rings is 2. The molecule has 0 saturated carbocycles. The van der Waals surface area contributed by atoms with Crippen LogP contribution in [-0.4, -0.2) is 41.3 Å². The van der Waals surface area contributed by atoms with Gasteiger partial charge < -0.3 is 26.5 Å². The van der Waals surface area contributed by atoms with Gasteiger partial charge >= 0.3 is 6.03 Å². The Morgan fingerprint density at radius 3 is 2.52 bits per heavy atom. The summed E-state index contributed by atoms with van der Waals surface area (Å²) in [5, 5.41) is 29.8. The van der Waals surface area contributed by atoms with Gasteiger partial charge in [-0.1, -0.05) is 0 Å². The van der Waals surface area contributed by atoms with Crippen LogP contribution in [0.5, 0.6) is 0 Å². The Hall–Kier alpha value is -3.51. The molecule has 1 saturated heterocycles. The first-order valence-corrected chi connectivity index (χ1v) is 10.8. The lowest BCUT2D eigenvalue weighted by atomic mass is 9.77. The molecule has 0 spiro atoms. The number of hydrogen-bond acceptors (Lipinski definition) is 5. The van der Waals surface area contributed by atoms with Crippen LogP contribution in [-0.2, 0) is 12.8 Å². The first-order chi connectivity index (χ1) is 15.8. The number of nitrogens with zero attached hydrogens (tertiary/aromatic N) is 2. The van der Waals surface area contributed by atoms with E-state index >= 15 is 8.78 Å². The van der Waals surface area contributed by atoms with Crippen molar-refractivity contribution < 1.29 is 18.7 Å². The largest absolute Gasteiger partial charge is 0.398 e. The Bertz CT molecular complexity index is 1120. The molecular formula is C24H25F2N5O2. The van der Waals surface area contributed by atoms with Gasteiger partial charge in [0.1, 0.15) is 6.10 Å². The van der Waals surface area contributed by atoms with Crippen molar-refractivity contribution in [2.75, 3.05) is 24.1 Å². The highest BCUT2D eigenvalue weighted by molar-refractivity contribution is 5.89. The number of carbonyl (C=O) groups excluding carboxylic acids is 1. The normalized spacial score (nSPS) is 16.8. The van der Waals surface area contributed by atoms with Crippen LogP contribution in [0.2, 0.25) is 0 Å². The van der Waals surface area contributed by atoms with Crippen LogP contribution in [0.4, 0.5) is 25.0 Å². The molecule has 1 heterocycles. The van der Waals surface area contributed by atoms with Crippen LogP contribution in [0.3, 0.4) is 0 Å². The second kappa shape index (κ2) is 8.79. The minimum Gasteiger partial charge on any atom is -0.398 e. The van der Waals surface area contributed by atoms with Gasteiger partial charge in [-0.3, -0.25) is 0 Å². The van der Waals surface area contributed by atoms with Crippen molar-refractivity contribution in [1.82, 2.24) is 4.90 Å². The molecule has 9 heteroatoms. The lowest BCUT2D eigenvalue weighted by Crippen LogP contribution is -2.47. The van der Waals surface area contributed by atoms with Crippen molar-refractivity contribution in [2.45, 2.75) is 37.7 Å². The highest BCUT2D eigenvalue weighted by atomic mass is 19.3. The fourth-order valence-electron chi connectivity index (χ4n) is 4.59. The molecule has 4 rings (SSSR count). The summed E-state index contributed by atoms with van der Waals surface area (Å²) in [6, 6.07) is 9.70. The summed E-state index contributed by atoms with van der Waals surface area (Å²) >= 11 is 0. The van der Waals surface area contributed by atoms with Gasteiger partial charge in [0, 0.05) is 47.7 Å². The lowest BCUT2D eigenvalue weighted by molar-refractivity contribution is -0.159. The van der Waals surface area contributed by atoms with Gasteiger partial charge in [0.05, 0.1) is 11.6 Å². The number of fused-ring (bicyclic) bond motifs is 1. The van der Waals surface area contributed by atoms with Gasteiger partial charge in [-0.15, -0.1) is 0 Å². The predicted octanol–water partition coefficient (Wildman–Crippen LogP) is 3.85. The van der Waals surface area contributed by atoms with Crippen molar-refractivity contribution >= 4 is 23.6 Å². The molecule has 5 N–H and O–H groups in total. The number of anilines is 2. The summed E-state index contributed by atoms with van der Waals surface area (Å²) in [5.41, 5.74) is 8.97. The summed E-state index contributed by atoms with van der Waals surface area (Å²) in [7, 11) is 0. The van der Waals surface area contributed by atoms with E-state index in [2.05, 4.69) is 5.32 Å². The molecule has 1 aliphatic heterocycles. The maximum atomic E-state index is 15.4. The topological polar surface area (TPSA) is 126 Å². The van der Waals surface area contributed by atoms with Crippen LogP contribution in [0.1, 0.15) is 46.8 Å². The first-order valence-electron chi connectivity index (χ1n) is 10.8. The van der Waals surface area contributed by atoms with E-state index in [0.29, 0.717) is 35.2 Å². The van der Waals surface area contributed by atoms with Crippen LogP contribution >= 0.6 is 0 Å². The molecule has 33 heavy (non-hydrogen) atoms. The van der Waals surface area contributed by atoms with Gasteiger partial charge in [0.15, 0.2) is 0 Å². The molecule has 1 fully saturated rings. The van der Waals surface area contributed by atoms with E-state index in [9.17, 15) is 9.90 Å². The molecule has 7 nitrogen and oxygen atoms in total. The van der Waals surface area contributed by atoms with Crippen molar-refractivity contribution in [1.29, 1.82) is 10.7 Å². The first kappa shape index (κ1) is 22.7. The molecule has 0 aromatic heterocycles. The number of aliphatic hydroxyl groups excluding tert-OH is 1. The molecular weight excluding hydrogens is 428 g/mol. The number of alkyl halides is 2.